The molecular formula is C22H32N4O3. The predicted octanol–water partition coefficient (Wildman–Crippen LogP) is 2.84. The Kier molecular flexibility index (Phi) is 7.25. The van der Waals surface area contributed by atoms with Crippen molar-refractivity contribution in [3.8, 4) is 0 Å². The Labute approximate surface area is 172 Å². The normalized spacial score (nSPS) is 16.7. The Morgan fingerprint density at radius 3 is 1.97 bits per heavy atom. The van der Waals surface area contributed by atoms with Gasteiger partial charge in [-0.05, 0) is 56.5 Å². The van der Waals surface area contributed by atoms with Gasteiger partial charge in [-0.2, -0.15) is 0 Å². The molecule has 0 spiro atoms. The third-order valence-electron chi connectivity index (χ3n) is 5.61. The quantitative estimate of drug-likeness (QED) is 0.668. The number of amides is 3. The summed E-state index contributed by atoms with van der Waals surface area (Å²) < 4.78 is 0. The summed E-state index contributed by atoms with van der Waals surface area (Å²) in [6.45, 7) is 4.54. The van der Waals surface area contributed by atoms with Crippen LogP contribution in [0.4, 0.5) is 11.4 Å². The van der Waals surface area contributed by atoms with Crippen LogP contribution in [-0.2, 0) is 14.4 Å². The van der Waals surface area contributed by atoms with Gasteiger partial charge in [-0.3, -0.25) is 19.3 Å². The van der Waals surface area contributed by atoms with Crippen LogP contribution >= 0.6 is 0 Å². The lowest BCUT2D eigenvalue weighted by atomic mass is 10.2. The van der Waals surface area contributed by atoms with Gasteiger partial charge in [0.05, 0.1) is 13.1 Å². The number of likely N-dealkylation sites (N-methyl/N-ethyl adjacent to an activating group) is 1. The van der Waals surface area contributed by atoms with Gasteiger partial charge >= 0.3 is 0 Å². The Morgan fingerprint density at radius 2 is 1.45 bits per heavy atom. The van der Waals surface area contributed by atoms with Gasteiger partial charge in [0, 0.05) is 30.4 Å². The molecule has 7 nitrogen and oxygen atoms in total. The first-order valence-electron chi connectivity index (χ1n) is 10.7. The highest BCUT2D eigenvalue weighted by molar-refractivity contribution is 5.93. The first-order chi connectivity index (χ1) is 14.0. The lowest BCUT2D eigenvalue weighted by molar-refractivity contribution is -0.135. The zero-order chi connectivity index (χ0) is 20.8. The molecule has 7 heteroatoms. The van der Waals surface area contributed by atoms with E-state index in [0.29, 0.717) is 36.5 Å². The van der Waals surface area contributed by atoms with Crippen LogP contribution in [0.2, 0.25) is 0 Å². The molecule has 3 rings (SSSR count). The molecule has 0 aromatic heterocycles. The lowest BCUT2D eigenvalue weighted by Crippen LogP contribution is -2.47. The minimum atomic E-state index is -0.147. The Morgan fingerprint density at radius 1 is 0.897 bits per heavy atom. The largest absolute Gasteiger partial charge is 0.336 e. The number of carbonyl (C=O) groups is 3. The predicted molar refractivity (Wildman–Crippen MR) is 114 cm³/mol. The average Bonchev–Trinajstić information content (AvgIpc) is 3.36. The van der Waals surface area contributed by atoms with Gasteiger partial charge in [0.2, 0.25) is 17.7 Å². The number of carbonyl (C=O) groups excluding carboxylic acids is 3. The van der Waals surface area contributed by atoms with Crippen LogP contribution in [0.5, 0.6) is 0 Å². The van der Waals surface area contributed by atoms with Gasteiger partial charge in [0.15, 0.2) is 0 Å². The summed E-state index contributed by atoms with van der Waals surface area (Å²) in [5.41, 5.74) is 1.35. The number of hydrogen-bond donors (Lipinski definition) is 2. The van der Waals surface area contributed by atoms with Gasteiger partial charge in [-0.1, -0.05) is 19.8 Å². The number of hydrogen-bond acceptors (Lipinski definition) is 4. The van der Waals surface area contributed by atoms with E-state index in [1.165, 1.54) is 19.8 Å². The molecule has 0 saturated heterocycles. The highest BCUT2D eigenvalue weighted by Crippen LogP contribution is 2.34. The highest BCUT2D eigenvalue weighted by atomic mass is 16.2. The van der Waals surface area contributed by atoms with Crippen molar-refractivity contribution in [3.05, 3.63) is 24.3 Å². The van der Waals surface area contributed by atoms with Crippen LogP contribution in [-0.4, -0.2) is 59.2 Å². The second kappa shape index (κ2) is 9.87. The van der Waals surface area contributed by atoms with Crippen molar-refractivity contribution in [2.45, 2.75) is 64.5 Å². The molecule has 2 saturated carbocycles. The van der Waals surface area contributed by atoms with E-state index in [4.69, 9.17) is 0 Å². The Hall–Kier alpha value is -2.41. The van der Waals surface area contributed by atoms with Gasteiger partial charge in [-0.25, -0.2) is 0 Å². The van der Waals surface area contributed by atoms with Crippen LogP contribution in [0.15, 0.2) is 24.3 Å². The SMILES string of the molecule is CCN(CC(=O)Nc1ccc(NC(C)=O)cc1)CC(=O)N(C1CCCC1)C1CC1. The summed E-state index contributed by atoms with van der Waals surface area (Å²) in [5, 5.41) is 5.56. The number of benzene rings is 1. The van der Waals surface area contributed by atoms with Crippen molar-refractivity contribution >= 4 is 29.1 Å². The van der Waals surface area contributed by atoms with Crippen LogP contribution in [0.1, 0.15) is 52.4 Å². The Bertz CT molecular complexity index is 724. The van der Waals surface area contributed by atoms with E-state index in [0.717, 1.165) is 25.7 Å². The molecule has 0 radical (unpaired) electrons. The fourth-order valence-electron chi connectivity index (χ4n) is 4.04. The number of nitrogens with one attached hydrogen (secondary N) is 2. The van der Waals surface area contributed by atoms with Crippen LogP contribution in [0.25, 0.3) is 0 Å². The van der Waals surface area contributed by atoms with Crippen molar-refractivity contribution in [2.24, 2.45) is 0 Å². The van der Waals surface area contributed by atoms with Crippen molar-refractivity contribution in [3.63, 3.8) is 0 Å². The zero-order valence-corrected chi connectivity index (χ0v) is 17.4. The minimum Gasteiger partial charge on any atom is -0.336 e. The maximum Gasteiger partial charge on any atom is 0.238 e. The number of nitrogens with zero attached hydrogens (tertiary/aromatic N) is 2. The van der Waals surface area contributed by atoms with E-state index < -0.39 is 0 Å². The molecule has 29 heavy (non-hydrogen) atoms. The molecule has 0 aliphatic heterocycles. The van der Waals surface area contributed by atoms with E-state index in [1.807, 2.05) is 11.8 Å². The molecule has 0 heterocycles. The molecule has 0 unspecified atom stereocenters. The fourth-order valence-corrected chi connectivity index (χ4v) is 4.04. The highest BCUT2D eigenvalue weighted by Gasteiger charge is 2.38. The third-order valence-corrected chi connectivity index (χ3v) is 5.61. The molecule has 2 N–H and O–H groups in total. The lowest BCUT2D eigenvalue weighted by Gasteiger charge is -2.31. The van der Waals surface area contributed by atoms with Gasteiger partial charge in [0.25, 0.3) is 0 Å². The molecule has 1 aromatic carbocycles. The minimum absolute atomic E-state index is 0.136. The molecule has 2 fully saturated rings. The first kappa shape index (κ1) is 21.3. The topological polar surface area (TPSA) is 81.8 Å². The van der Waals surface area contributed by atoms with Crippen LogP contribution in [0.3, 0.4) is 0 Å². The van der Waals surface area contributed by atoms with E-state index >= 15 is 0 Å². The van der Waals surface area contributed by atoms with Gasteiger partial charge in [0.1, 0.15) is 0 Å². The molecule has 0 atom stereocenters. The summed E-state index contributed by atoms with van der Waals surface area (Å²) in [7, 11) is 0. The second-order valence-corrected chi connectivity index (χ2v) is 8.08. The summed E-state index contributed by atoms with van der Waals surface area (Å²) in [5.74, 6) is -0.123. The molecule has 2 aliphatic carbocycles. The van der Waals surface area contributed by atoms with E-state index in [2.05, 4.69) is 15.5 Å². The van der Waals surface area contributed by atoms with Crippen LogP contribution < -0.4 is 10.6 Å². The van der Waals surface area contributed by atoms with E-state index in [9.17, 15) is 14.4 Å². The standard InChI is InChI=1S/C22H32N4O3/c1-3-25(15-22(29)26(20-12-13-20)19-6-4-5-7-19)14-21(28)24-18-10-8-17(9-11-18)23-16(2)27/h8-11,19-20H,3-7,12-15H2,1-2H3,(H,23,27)(H,24,28). The summed E-state index contributed by atoms with van der Waals surface area (Å²) >= 11 is 0. The maximum atomic E-state index is 13.0. The monoisotopic (exact) mass is 400 g/mol. The van der Waals surface area contributed by atoms with E-state index in [1.54, 1.807) is 24.3 Å². The average molecular weight is 401 g/mol. The van der Waals surface area contributed by atoms with Gasteiger partial charge in [-0.15, -0.1) is 0 Å². The van der Waals surface area contributed by atoms with Crippen molar-refractivity contribution in [1.29, 1.82) is 0 Å². The van der Waals surface area contributed by atoms with Crippen molar-refractivity contribution < 1.29 is 14.4 Å². The number of anilines is 2. The van der Waals surface area contributed by atoms with Crippen LogP contribution in [0, 0.1) is 0 Å². The second-order valence-electron chi connectivity index (χ2n) is 8.08. The Balaban J connectivity index is 1.51. The molecular weight excluding hydrogens is 368 g/mol. The molecule has 2 aliphatic rings. The number of rotatable bonds is 9. The molecule has 1 aromatic rings. The summed E-state index contributed by atoms with van der Waals surface area (Å²) in [6, 6.07) is 7.80. The molecule has 158 valence electrons. The maximum absolute atomic E-state index is 13.0. The molecule has 3 amide bonds. The fraction of sp³-hybridized carbons (Fsp3) is 0.591. The van der Waals surface area contributed by atoms with Crippen molar-refractivity contribution in [2.75, 3.05) is 30.3 Å². The molecule has 0 bridgehead atoms. The summed E-state index contributed by atoms with van der Waals surface area (Å²) in [4.78, 5) is 40.5. The first-order valence-corrected chi connectivity index (χ1v) is 10.7. The zero-order valence-electron chi connectivity index (χ0n) is 17.4. The van der Waals surface area contributed by atoms with E-state index in [-0.39, 0.29) is 24.3 Å². The van der Waals surface area contributed by atoms with Gasteiger partial charge < -0.3 is 15.5 Å². The van der Waals surface area contributed by atoms with Crippen molar-refractivity contribution in [1.82, 2.24) is 9.80 Å². The smallest absolute Gasteiger partial charge is 0.238 e. The third kappa shape index (κ3) is 6.29. The summed E-state index contributed by atoms with van der Waals surface area (Å²) in [6.07, 6.45) is 6.88.